The van der Waals surface area contributed by atoms with Gasteiger partial charge in [0.05, 0.1) is 0 Å². The first-order valence-electron chi connectivity index (χ1n) is 5.41. The van der Waals surface area contributed by atoms with Crippen LogP contribution in [0.25, 0.3) is 0 Å². The summed E-state index contributed by atoms with van der Waals surface area (Å²) >= 11 is 0. The van der Waals surface area contributed by atoms with Crippen LogP contribution in [0.1, 0.15) is 12.8 Å². The van der Waals surface area contributed by atoms with E-state index >= 15 is 0 Å². The van der Waals surface area contributed by atoms with Gasteiger partial charge in [0.25, 0.3) is 10.2 Å². The zero-order valence-corrected chi connectivity index (χ0v) is 11.0. The molecule has 16 heavy (non-hydrogen) atoms. The summed E-state index contributed by atoms with van der Waals surface area (Å²) in [6.07, 6.45) is 1.51. The van der Waals surface area contributed by atoms with E-state index in [2.05, 4.69) is 9.62 Å². The Labute approximate surface area is 98.0 Å². The molecule has 0 radical (unpaired) electrons. The topological polar surface area (TPSA) is 78.7 Å². The van der Waals surface area contributed by atoms with Gasteiger partial charge < -0.3 is 10.6 Å². The average molecular weight is 250 g/mol. The van der Waals surface area contributed by atoms with Crippen LogP contribution in [0.3, 0.4) is 0 Å². The van der Waals surface area contributed by atoms with Crippen molar-refractivity contribution >= 4 is 10.2 Å². The molecule has 0 aromatic heterocycles. The molecule has 0 unspecified atom stereocenters. The highest BCUT2D eigenvalue weighted by molar-refractivity contribution is 7.87. The van der Waals surface area contributed by atoms with Crippen molar-refractivity contribution in [1.29, 1.82) is 0 Å². The monoisotopic (exact) mass is 250 g/mol. The first-order chi connectivity index (χ1) is 7.31. The average Bonchev–Trinajstić information content (AvgIpc) is 2.21. The minimum atomic E-state index is -3.40. The van der Waals surface area contributed by atoms with E-state index in [4.69, 9.17) is 5.73 Å². The Balaban J connectivity index is 2.76. The molecule has 1 aliphatic heterocycles. The molecule has 1 saturated heterocycles. The third kappa shape index (κ3) is 3.14. The van der Waals surface area contributed by atoms with Crippen LogP contribution in [-0.4, -0.2) is 63.9 Å². The van der Waals surface area contributed by atoms with Gasteiger partial charge in [-0.25, -0.2) is 0 Å². The minimum Gasteiger partial charge on any atom is -0.329 e. The van der Waals surface area contributed by atoms with Crippen molar-refractivity contribution in [2.24, 2.45) is 5.73 Å². The van der Waals surface area contributed by atoms with Gasteiger partial charge in [-0.05, 0) is 33.0 Å². The van der Waals surface area contributed by atoms with Crippen molar-refractivity contribution < 1.29 is 8.42 Å². The Bertz CT molecular complexity index is 320. The summed E-state index contributed by atoms with van der Waals surface area (Å²) in [5, 5.41) is 0. The van der Waals surface area contributed by atoms with Crippen LogP contribution in [-0.2, 0) is 10.2 Å². The second-order valence-electron chi connectivity index (χ2n) is 4.68. The van der Waals surface area contributed by atoms with E-state index in [1.807, 2.05) is 7.05 Å². The lowest BCUT2D eigenvalue weighted by Crippen LogP contribution is -2.60. The van der Waals surface area contributed by atoms with Gasteiger partial charge in [0.15, 0.2) is 0 Å². The molecular weight excluding hydrogens is 228 g/mol. The maximum atomic E-state index is 11.8. The van der Waals surface area contributed by atoms with Crippen LogP contribution in [0.15, 0.2) is 0 Å². The fourth-order valence-corrected chi connectivity index (χ4v) is 2.78. The molecule has 0 spiro atoms. The normalized spacial score (nSPS) is 22.6. The van der Waals surface area contributed by atoms with Crippen LogP contribution < -0.4 is 10.5 Å². The third-order valence-corrected chi connectivity index (χ3v) is 4.81. The molecule has 1 fully saturated rings. The lowest BCUT2D eigenvalue weighted by molar-refractivity contribution is 0.180. The zero-order chi connectivity index (χ0) is 12.4. The smallest absolute Gasteiger partial charge is 0.279 e. The van der Waals surface area contributed by atoms with E-state index < -0.39 is 15.7 Å². The Morgan fingerprint density at radius 2 is 1.88 bits per heavy atom. The summed E-state index contributed by atoms with van der Waals surface area (Å²) in [7, 11) is 1.66. The molecule has 0 amide bonds. The largest absolute Gasteiger partial charge is 0.329 e. The second kappa shape index (κ2) is 4.97. The van der Waals surface area contributed by atoms with Gasteiger partial charge in [0.1, 0.15) is 0 Å². The second-order valence-corrected chi connectivity index (χ2v) is 6.56. The summed E-state index contributed by atoms with van der Waals surface area (Å²) in [5.74, 6) is 0. The number of rotatable bonds is 4. The predicted molar refractivity (Wildman–Crippen MR) is 64.3 cm³/mol. The molecule has 0 aliphatic carbocycles. The van der Waals surface area contributed by atoms with Crippen molar-refractivity contribution in [1.82, 2.24) is 13.9 Å². The number of piperidine rings is 1. The molecule has 96 valence electrons. The Hall–Kier alpha value is -0.210. The van der Waals surface area contributed by atoms with Gasteiger partial charge in [0.2, 0.25) is 0 Å². The van der Waals surface area contributed by atoms with Crippen LogP contribution in [0.2, 0.25) is 0 Å². The molecule has 0 aromatic rings. The maximum absolute atomic E-state index is 11.8. The van der Waals surface area contributed by atoms with E-state index in [-0.39, 0.29) is 0 Å². The number of nitrogens with two attached hydrogens (primary N) is 1. The fraction of sp³-hybridized carbons (Fsp3) is 1.00. The summed E-state index contributed by atoms with van der Waals surface area (Å²) in [4.78, 5) is 2.18. The van der Waals surface area contributed by atoms with E-state index in [9.17, 15) is 8.42 Å². The molecular formula is C9H22N4O2S. The van der Waals surface area contributed by atoms with Gasteiger partial charge >= 0.3 is 0 Å². The Kier molecular flexibility index (Phi) is 4.30. The molecule has 0 saturated carbocycles. The SMILES string of the molecule is CN1CCC(CN)(NS(=O)(=O)N(C)C)CC1. The highest BCUT2D eigenvalue weighted by Gasteiger charge is 2.36. The number of nitrogens with one attached hydrogen (secondary N) is 1. The minimum absolute atomic E-state index is 0.341. The molecule has 1 rings (SSSR count). The third-order valence-electron chi connectivity index (χ3n) is 3.16. The molecule has 6 nitrogen and oxygen atoms in total. The van der Waals surface area contributed by atoms with Crippen molar-refractivity contribution in [2.75, 3.05) is 40.8 Å². The van der Waals surface area contributed by atoms with Gasteiger partial charge in [-0.2, -0.15) is 17.4 Å². The van der Waals surface area contributed by atoms with Crippen molar-refractivity contribution in [3.8, 4) is 0 Å². The quantitative estimate of drug-likeness (QED) is 0.657. The predicted octanol–water partition coefficient (Wildman–Crippen LogP) is -1.19. The van der Waals surface area contributed by atoms with Crippen LogP contribution >= 0.6 is 0 Å². The lowest BCUT2D eigenvalue weighted by atomic mass is 9.89. The lowest BCUT2D eigenvalue weighted by Gasteiger charge is -2.40. The molecule has 3 N–H and O–H groups in total. The summed E-state index contributed by atoms with van der Waals surface area (Å²) in [6, 6.07) is 0. The van der Waals surface area contributed by atoms with E-state index in [0.717, 1.165) is 25.9 Å². The first-order valence-corrected chi connectivity index (χ1v) is 6.85. The van der Waals surface area contributed by atoms with Crippen molar-refractivity contribution in [2.45, 2.75) is 18.4 Å². The number of nitrogens with zero attached hydrogens (tertiary/aromatic N) is 2. The molecule has 0 bridgehead atoms. The first kappa shape index (κ1) is 13.9. The van der Waals surface area contributed by atoms with E-state index in [1.165, 1.54) is 18.4 Å². The Morgan fingerprint density at radius 1 is 1.38 bits per heavy atom. The highest BCUT2D eigenvalue weighted by Crippen LogP contribution is 2.21. The summed E-state index contributed by atoms with van der Waals surface area (Å²) in [6.45, 7) is 2.08. The fourth-order valence-electron chi connectivity index (χ4n) is 1.76. The van der Waals surface area contributed by atoms with Gasteiger partial charge in [-0.1, -0.05) is 0 Å². The van der Waals surface area contributed by atoms with Gasteiger partial charge in [0, 0.05) is 26.2 Å². The Morgan fingerprint density at radius 3 is 2.25 bits per heavy atom. The summed E-state index contributed by atoms with van der Waals surface area (Å²) in [5.41, 5.74) is 5.25. The zero-order valence-electron chi connectivity index (χ0n) is 10.2. The van der Waals surface area contributed by atoms with E-state index in [1.54, 1.807) is 0 Å². The van der Waals surface area contributed by atoms with Gasteiger partial charge in [-0.15, -0.1) is 0 Å². The molecule has 1 heterocycles. The molecule has 7 heteroatoms. The highest BCUT2D eigenvalue weighted by atomic mass is 32.2. The van der Waals surface area contributed by atoms with Gasteiger partial charge in [-0.3, -0.25) is 0 Å². The maximum Gasteiger partial charge on any atom is 0.279 e. The standard InChI is InChI=1S/C9H22N4O2S/c1-12(2)16(14,15)11-9(8-10)4-6-13(3)7-5-9/h11H,4-8,10H2,1-3H3. The number of hydrogen-bond acceptors (Lipinski definition) is 4. The molecule has 0 atom stereocenters. The van der Waals surface area contributed by atoms with E-state index in [0.29, 0.717) is 6.54 Å². The summed E-state index contributed by atoms with van der Waals surface area (Å²) < 4.78 is 27.5. The van der Waals surface area contributed by atoms with Crippen LogP contribution in [0.5, 0.6) is 0 Å². The molecule has 0 aromatic carbocycles. The van der Waals surface area contributed by atoms with Crippen molar-refractivity contribution in [3.63, 3.8) is 0 Å². The van der Waals surface area contributed by atoms with Crippen molar-refractivity contribution in [3.05, 3.63) is 0 Å². The number of likely N-dealkylation sites (tertiary alicyclic amines) is 1. The molecule has 1 aliphatic rings. The number of hydrogen-bond donors (Lipinski definition) is 2. The van der Waals surface area contributed by atoms with Crippen LogP contribution in [0, 0.1) is 0 Å². The van der Waals surface area contributed by atoms with Crippen LogP contribution in [0.4, 0.5) is 0 Å².